The van der Waals surface area contributed by atoms with Crippen LogP contribution in [0.2, 0.25) is 0 Å². The minimum absolute atomic E-state index is 0.0411. The summed E-state index contributed by atoms with van der Waals surface area (Å²) in [7, 11) is 0. The summed E-state index contributed by atoms with van der Waals surface area (Å²) in [5.74, 6) is 0.435. The Bertz CT molecular complexity index is 2120. The molecule has 5 aromatic carbocycles. The Kier molecular flexibility index (Phi) is 6.15. The van der Waals surface area contributed by atoms with Crippen molar-refractivity contribution in [2.24, 2.45) is 0 Å². The number of hydrogen-bond donors (Lipinski definition) is 0. The molecule has 2 heteroatoms. The van der Waals surface area contributed by atoms with Crippen LogP contribution in [0.1, 0.15) is 78.0 Å². The SMILES string of the molecule is CC(C)c1cc(-n2c3ccccc3c3ccc(-n4c5ccccc5c5ccccc54)c(C(C)(C)C)c32)cc(C(C)(C)C)c1. The number of nitrogens with zero attached hydrogens (tertiary/aromatic N) is 2. The highest BCUT2D eigenvalue weighted by Crippen LogP contribution is 2.44. The molecule has 0 aliphatic heterocycles. The lowest BCUT2D eigenvalue weighted by atomic mass is 9.83. The second-order valence-electron chi connectivity index (χ2n) is 14.5. The van der Waals surface area contributed by atoms with E-state index in [0.717, 1.165) is 0 Å². The molecule has 0 unspecified atom stereocenters. The Balaban J connectivity index is 1.69. The topological polar surface area (TPSA) is 9.86 Å². The highest BCUT2D eigenvalue weighted by Gasteiger charge is 2.29. The van der Waals surface area contributed by atoms with Crippen molar-refractivity contribution in [3.63, 3.8) is 0 Å². The lowest BCUT2D eigenvalue weighted by molar-refractivity contribution is 0.587. The van der Waals surface area contributed by atoms with Crippen LogP contribution in [0.25, 0.3) is 55.0 Å². The van der Waals surface area contributed by atoms with Crippen LogP contribution in [0.15, 0.2) is 103 Å². The second-order valence-corrected chi connectivity index (χ2v) is 14.5. The van der Waals surface area contributed by atoms with Crippen molar-refractivity contribution in [2.45, 2.75) is 72.1 Å². The minimum Gasteiger partial charge on any atom is -0.309 e. The van der Waals surface area contributed by atoms with Gasteiger partial charge in [-0.25, -0.2) is 0 Å². The molecule has 0 N–H and O–H groups in total. The Labute approximate surface area is 255 Å². The van der Waals surface area contributed by atoms with Crippen LogP contribution < -0.4 is 0 Å². The molecule has 0 aliphatic carbocycles. The Morgan fingerprint density at radius 3 is 1.53 bits per heavy atom. The van der Waals surface area contributed by atoms with E-state index in [1.54, 1.807) is 0 Å². The zero-order valence-corrected chi connectivity index (χ0v) is 26.8. The summed E-state index contributed by atoms with van der Waals surface area (Å²) < 4.78 is 5.06. The molecular formula is C41H42N2. The van der Waals surface area contributed by atoms with Gasteiger partial charge in [-0.2, -0.15) is 0 Å². The first-order valence-electron chi connectivity index (χ1n) is 15.7. The maximum Gasteiger partial charge on any atom is 0.0599 e. The zero-order valence-electron chi connectivity index (χ0n) is 26.8. The summed E-state index contributed by atoms with van der Waals surface area (Å²) in [6, 6.07) is 38.6. The van der Waals surface area contributed by atoms with E-state index in [-0.39, 0.29) is 10.8 Å². The summed E-state index contributed by atoms with van der Waals surface area (Å²) in [5, 5.41) is 5.18. The van der Waals surface area contributed by atoms with Gasteiger partial charge in [0.2, 0.25) is 0 Å². The van der Waals surface area contributed by atoms with Gasteiger partial charge in [-0.15, -0.1) is 0 Å². The molecule has 7 aromatic rings. The molecule has 2 heterocycles. The van der Waals surface area contributed by atoms with Gasteiger partial charge in [-0.05, 0) is 64.3 Å². The molecule has 43 heavy (non-hydrogen) atoms. The Morgan fingerprint density at radius 2 is 1.02 bits per heavy atom. The molecule has 216 valence electrons. The van der Waals surface area contributed by atoms with Gasteiger partial charge in [-0.1, -0.05) is 122 Å². The van der Waals surface area contributed by atoms with E-state index >= 15 is 0 Å². The Hall–Kier alpha value is -4.30. The fourth-order valence-electron chi connectivity index (χ4n) is 6.95. The van der Waals surface area contributed by atoms with Gasteiger partial charge in [0.15, 0.2) is 0 Å². The molecule has 0 aliphatic rings. The lowest BCUT2D eigenvalue weighted by Crippen LogP contribution is -2.18. The molecular weight excluding hydrogens is 520 g/mol. The van der Waals surface area contributed by atoms with Crippen molar-refractivity contribution in [2.75, 3.05) is 0 Å². The van der Waals surface area contributed by atoms with Gasteiger partial charge >= 0.3 is 0 Å². The van der Waals surface area contributed by atoms with E-state index in [0.29, 0.717) is 5.92 Å². The van der Waals surface area contributed by atoms with Crippen molar-refractivity contribution in [3.05, 3.63) is 120 Å². The third kappa shape index (κ3) is 4.30. The van der Waals surface area contributed by atoms with Crippen LogP contribution in [0.5, 0.6) is 0 Å². The lowest BCUT2D eigenvalue weighted by Gasteiger charge is -2.28. The number of para-hydroxylation sites is 3. The monoisotopic (exact) mass is 562 g/mol. The Morgan fingerprint density at radius 1 is 0.512 bits per heavy atom. The first-order valence-corrected chi connectivity index (χ1v) is 15.7. The highest BCUT2D eigenvalue weighted by atomic mass is 15.0. The molecule has 0 fully saturated rings. The van der Waals surface area contributed by atoms with Crippen molar-refractivity contribution < 1.29 is 0 Å². The molecule has 0 spiro atoms. The quantitative estimate of drug-likeness (QED) is 0.203. The van der Waals surface area contributed by atoms with E-state index in [1.165, 1.54) is 71.7 Å². The zero-order chi connectivity index (χ0) is 30.3. The molecule has 2 nitrogen and oxygen atoms in total. The molecule has 0 saturated carbocycles. The van der Waals surface area contributed by atoms with Crippen LogP contribution >= 0.6 is 0 Å². The predicted octanol–water partition coefficient (Wildman–Crippen LogP) is 11.6. The first-order chi connectivity index (χ1) is 20.4. The summed E-state index contributed by atoms with van der Waals surface area (Å²) in [5.41, 5.74) is 11.6. The van der Waals surface area contributed by atoms with Crippen LogP contribution in [-0.4, -0.2) is 9.13 Å². The van der Waals surface area contributed by atoms with E-state index in [9.17, 15) is 0 Å². The molecule has 2 aromatic heterocycles. The minimum atomic E-state index is -0.129. The highest BCUT2D eigenvalue weighted by molar-refractivity contribution is 6.13. The van der Waals surface area contributed by atoms with Crippen LogP contribution in [0, 0.1) is 0 Å². The standard InChI is InChI=1S/C41H42N2/c1-26(2)27-23-28(40(3,4)5)25-29(24-27)42-34-18-12-11-17-32(34)33-21-22-37(38(39(33)42)41(6,7)8)43-35-19-13-9-15-30(35)31-16-10-14-20-36(31)43/h9-26H,1-8H3. The summed E-state index contributed by atoms with van der Waals surface area (Å²) in [4.78, 5) is 0. The van der Waals surface area contributed by atoms with Gasteiger partial charge < -0.3 is 9.13 Å². The average Bonchev–Trinajstić information content (AvgIpc) is 3.48. The molecule has 0 bridgehead atoms. The maximum atomic E-state index is 2.56. The number of fused-ring (bicyclic) bond motifs is 6. The summed E-state index contributed by atoms with van der Waals surface area (Å²) in [6.45, 7) is 18.7. The van der Waals surface area contributed by atoms with E-state index in [2.05, 4.69) is 168 Å². The molecule has 0 atom stereocenters. The predicted molar refractivity (Wildman–Crippen MR) is 187 cm³/mol. The molecule has 0 amide bonds. The summed E-state index contributed by atoms with van der Waals surface area (Å²) >= 11 is 0. The van der Waals surface area contributed by atoms with E-state index < -0.39 is 0 Å². The van der Waals surface area contributed by atoms with Crippen molar-refractivity contribution >= 4 is 43.6 Å². The third-order valence-electron chi connectivity index (χ3n) is 9.12. The maximum absolute atomic E-state index is 2.56. The van der Waals surface area contributed by atoms with Crippen LogP contribution in [0.3, 0.4) is 0 Å². The van der Waals surface area contributed by atoms with Gasteiger partial charge in [0.1, 0.15) is 0 Å². The van der Waals surface area contributed by atoms with Gasteiger partial charge in [0.25, 0.3) is 0 Å². The number of aromatic nitrogens is 2. The smallest absolute Gasteiger partial charge is 0.0599 e. The largest absolute Gasteiger partial charge is 0.309 e. The van der Waals surface area contributed by atoms with E-state index in [4.69, 9.17) is 0 Å². The number of hydrogen-bond acceptors (Lipinski definition) is 0. The van der Waals surface area contributed by atoms with Crippen molar-refractivity contribution in [3.8, 4) is 11.4 Å². The van der Waals surface area contributed by atoms with E-state index in [1.807, 2.05) is 0 Å². The number of rotatable bonds is 3. The van der Waals surface area contributed by atoms with Gasteiger partial charge in [-0.3, -0.25) is 0 Å². The first kappa shape index (κ1) is 27.5. The molecule has 0 radical (unpaired) electrons. The van der Waals surface area contributed by atoms with Gasteiger partial charge in [0, 0.05) is 32.8 Å². The van der Waals surface area contributed by atoms with Crippen LogP contribution in [-0.2, 0) is 10.8 Å². The van der Waals surface area contributed by atoms with Crippen molar-refractivity contribution in [1.82, 2.24) is 9.13 Å². The van der Waals surface area contributed by atoms with Gasteiger partial charge in [0.05, 0.1) is 27.8 Å². The van der Waals surface area contributed by atoms with Crippen molar-refractivity contribution in [1.29, 1.82) is 0 Å². The fourth-order valence-corrected chi connectivity index (χ4v) is 6.95. The average molecular weight is 563 g/mol. The third-order valence-corrected chi connectivity index (χ3v) is 9.12. The second kappa shape index (κ2) is 9.61. The van der Waals surface area contributed by atoms with Crippen LogP contribution in [0.4, 0.5) is 0 Å². The normalized spacial score (nSPS) is 12.9. The number of benzene rings is 5. The molecule has 7 rings (SSSR count). The summed E-state index contributed by atoms with van der Waals surface area (Å²) in [6.07, 6.45) is 0. The fraction of sp³-hybridized carbons (Fsp3) is 0.268. The molecule has 0 saturated heterocycles.